The molecule has 0 saturated heterocycles. The van der Waals surface area contributed by atoms with Crippen LogP contribution in [0.5, 0.6) is 0 Å². The summed E-state index contributed by atoms with van der Waals surface area (Å²) in [6, 6.07) is 2.05. The second-order valence-electron chi connectivity index (χ2n) is 2.72. The van der Waals surface area contributed by atoms with Gasteiger partial charge >= 0.3 is 0 Å². The van der Waals surface area contributed by atoms with Crippen molar-refractivity contribution in [3.8, 4) is 0 Å². The van der Waals surface area contributed by atoms with Gasteiger partial charge in [0.2, 0.25) is 0 Å². The minimum Gasteiger partial charge on any atom is -0.370 e. The second-order valence-corrected chi connectivity index (χ2v) is 3.58. The van der Waals surface area contributed by atoms with Crippen molar-refractivity contribution in [1.82, 2.24) is 10.3 Å². The monoisotopic (exact) mass is 243 g/mol. The second kappa shape index (κ2) is 5.19. The first-order valence-corrected chi connectivity index (χ1v) is 5.10. The topological polar surface area (TPSA) is 37.0 Å². The minimum atomic E-state index is 0.849. The zero-order valence-electron chi connectivity index (χ0n) is 7.89. The Hall–Kier alpha value is -0.610. The zero-order chi connectivity index (χ0) is 9.68. The van der Waals surface area contributed by atoms with Gasteiger partial charge in [-0.25, -0.2) is 4.98 Å². The van der Waals surface area contributed by atoms with Crippen molar-refractivity contribution < 1.29 is 0 Å². The zero-order valence-corrected chi connectivity index (χ0v) is 9.48. The first-order valence-electron chi connectivity index (χ1n) is 4.30. The number of hydrogen-bond donors (Lipinski definition) is 2. The van der Waals surface area contributed by atoms with Crippen molar-refractivity contribution in [2.75, 3.05) is 18.9 Å². The predicted molar refractivity (Wildman–Crippen MR) is 58.9 cm³/mol. The highest BCUT2D eigenvalue weighted by Gasteiger charge is 2.00. The smallest absolute Gasteiger partial charge is 0.126 e. The maximum absolute atomic E-state index is 4.23. The van der Waals surface area contributed by atoms with Gasteiger partial charge in [0.05, 0.1) is 0 Å². The van der Waals surface area contributed by atoms with Crippen LogP contribution < -0.4 is 10.6 Å². The number of pyridine rings is 1. The maximum Gasteiger partial charge on any atom is 0.126 e. The first kappa shape index (κ1) is 10.5. The lowest BCUT2D eigenvalue weighted by atomic mass is 10.2. The Morgan fingerprint density at radius 1 is 1.54 bits per heavy atom. The molecule has 0 saturated carbocycles. The summed E-state index contributed by atoms with van der Waals surface area (Å²) in [5.74, 6) is 0.927. The third-order valence-electron chi connectivity index (χ3n) is 1.66. The van der Waals surface area contributed by atoms with Crippen LogP contribution in [0, 0.1) is 0 Å². The first-order chi connectivity index (χ1) is 6.27. The van der Waals surface area contributed by atoms with E-state index in [4.69, 9.17) is 0 Å². The molecule has 0 fully saturated rings. The molecule has 0 aliphatic heterocycles. The van der Waals surface area contributed by atoms with Crippen molar-refractivity contribution >= 4 is 21.7 Å². The van der Waals surface area contributed by atoms with E-state index < -0.39 is 0 Å². The number of nitrogens with one attached hydrogen (secondary N) is 2. The van der Waals surface area contributed by atoms with Crippen LogP contribution in [-0.4, -0.2) is 18.6 Å². The van der Waals surface area contributed by atoms with Gasteiger partial charge < -0.3 is 10.6 Å². The SMILES string of the molecule is CCNc1cc(CNC)c(Br)cn1. The van der Waals surface area contributed by atoms with E-state index in [-0.39, 0.29) is 0 Å². The van der Waals surface area contributed by atoms with Crippen molar-refractivity contribution in [2.24, 2.45) is 0 Å². The van der Waals surface area contributed by atoms with Crippen molar-refractivity contribution in [3.05, 3.63) is 22.3 Å². The summed E-state index contributed by atoms with van der Waals surface area (Å²) in [4.78, 5) is 4.23. The molecule has 0 unspecified atom stereocenters. The molecule has 1 aromatic rings. The van der Waals surface area contributed by atoms with E-state index in [1.165, 1.54) is 5.56 Å². The molecule has 1 rings (SSSR count). The van der Waals surface area contributed by atoms with Gasteiger partial charge in [-0.2, -0.15) is 0 Å². The molecule has 1 aromatic heterocycles. The molecular formula is C9H14BrN3. The summed E-state index contributed by atoms with van der Waals surface area (Å²) in [5.41, 5.74) is 1.22. The fourth-order valence-corrected chi connectivity index (χ4v) is 1.44. The molecule has 0 radical (unpaired) electrons. The number of anilines is 1. The summed E-state index contributed by atoms with van der Waals surface area (Å²) in [6.45, 7) is 3.80. The van der Waals surface area contributed by atoms with Crippen LogP contribution in [0.1, 0.15) is 12.5 Å². The quantitative estimate of drug-likeness (QED) is 0.850. The van der Waals surface area contributed by atoms with Gasteiger partial charge in [0.15, 0.2) is 0 Å². The fourth-order valence-electron chi connectivity index (χ4n) is 1.08. The highest BCUT2D eigenvalue weighted by atomic mass is 79.9. The van der Waals surface area contributed by atoms with Crippen LogP contribution in [0.4, 0.5) is 5.82 Å². The normalized spacial score (nSPS) is 10.1. The molecule has 2 N–H and O–H groups in total. The van der Waals surface area contributed by atoms with Gasteiger partial charge in [0, 0.05) is 23.8 Å². The lowest BCUT2D eigenvalue weighted by molar-refractivity contribution is 0.812. The van der Waals surface area contributed by atoms with Crippen molar-refractivity contribution in [2.45, 2.75) is 13.5 Å². The Bertz CT molecular complexity index is 276. The van der Waals surface area contributed by atoms with Crippen LogP contribution >= 0.6 is 15.9 Å². The maximum atomic E-state index is 4.23. The average molecular weight is 244 g/mol. The Kier molecular flexibility index (Phi) is 4.18. The Balaban J connectivity index is 2.83. The Morgan fingerprint density at radius 3 is 2.92 bits per heavy atom. The van der Waals surface area contributed by atoms with Crippen LogP contribution in [0.15, 0.2) is 16.7 Å². The molecule has 1 heterocycles. The summed E-state index contributed by atoms with van der Waals surface area (Å²) in [5, 5.41) is 6.28. The third-order valence-corrected chi connectivity index (χ3v) is 2.37. The lowest BCUT2D eigenvalue weighted by Crippen LogP contribution is -2.07. The fraction of sp³-hybridized carbons (Fsp3) is 0.444. The largest absolute Gasteiger partial charge is 0.370 e. The van der Waals surface area contributed by atoms with Gasteiger partial charge in [0.1, 0.15) is 5.82 Å². The van der Waals surface area contributed by atoms with Gasteiger partial charge in [-0.05, 0) is 41.5 Å². The Morgan fingerprint density at radius 2 is 2.31 bits per heavy atom. The standard InChI is InChI=1S/C9H14BrN3/c1-3-12-9-4-7(5-11-2)8(10)6-13-9/h4,6,11H,3,5H2,1-2H3,(H,12,13). The molecule has 3 nitrogen and oxygen atoms in total. The van der Waals surface area contributed by atoms with E-state index in [2.05, 4.69) is 38.5 Å². The number of rotatable bonds is 4. The number of nitrogens with zero attached hydrogens (tertiary/aromatic N) is 1. The highest BCUT2D eigenvalue weighted by Crippen LogP contribution is 2.18. The van der Waals surface area contributed by atoms with Gasteiger partial charge in [-0.15, -0.1) is 0 Å². The highest BCUT2D eigenvalue weighted by molar-refractivity contribution is 9.10. The molecule has 13 heavy (non-hydrogen) atoms. The number of halogens is 1. The average Bonchev–Trinajstić information content (AvgIpc) is 2.12. The summed E-state index contributed by atoms with van der Waals surface area (Å²) < 4.78 is 1.04. The molecule has 0 atom stereocenters. The molecule has 0 aliphatic rings. The Labute approximate surface area is 87.1 Å². The molecule has 0 bridgehead atoms. The van der Waals surface area contributed by atoms with Crippen LogP contribution in [0.25, 0.3) is 0 Å². The van der Waals surface area contributed by atoms with Gasteiger partial charge in [-0.3, -0.25) is 0 Å². The minimum absolute atomic E-state index is 0.849. The van der Waals surface area contributed by atoms with Crippen LogP contribution in [-0.2, 0) is 6.54 Å². The third kappa shape index (κ3) is 2.97. The summed E-state index contributed by atoms with van der Waals surface area (Å²) >= 11 is 3.45. The van der Waals surface area contributed by atoms with Crippen LogP contribution in [0.3, 0.4) is 0 Å². The molecule has 0 amide bonds. The molecule has 4 heteroatoms. The van der Waals surface area contributed by atoms with Crippen molar-refractivity contribution in [1.29, 1.82) is 0 Å². The van der Waals surface area contributed by atoms with E-state index in [0.29, 0.717) is 0 Å². The molecule has 0 aliphatic carbocycles. The summed E-state index contributed by atoms with van der Waals surface area (Å²) in [7, 11) is 1.93. The van der Waals surface area contributed by atoms with Crippen molar-refractivity contribution in [3.63, 3.8) is 0 Å². The van der Waals surface area contributed by atoms with E-state index in [0.717, 1.165) is 23.4 Å². The molecule has 0 spiro atoms. The van der Waals surface area contributed by atoms with E-state index in [1.807, 2.05) is 19.3 Å². The lowest BCUT2D eigenvalue weighted by Gasteiger charge is -2.07. The van der Waals surface area contributed by atoms with E-state index in [1.54, 1.807) is 0 Å². The number of aromatic nitrogens is 1. The summed E-state index contributed by atoms with van der Waals surface area (Å²) in [6.07, 6.45) is 1.82. The van der Waals surface area contributed by atoms with Gasteiger partial charge in [-0.1, -0.05) is 0 Å². The van der Waals surface area contributed by atoms with E-state index >= 15 is 0 Å². The molecular weight excluding hydrogens is 230 g/mol. The number of hydrogen-bond acceptors (Lipinski definition) is 3. The van der Waals surface area contributed by atoms with Gasteiger partial charge in [0.25, 0.3) is 0 Å². The molecule has 72 valence electrons. The van der Waals surface area contributed by atoms with Crippen LogP contribution in [0.2, 0.25) is 0 Å². The molecule has 0 aromatic carbocycles. The van der Waals surface area contributed by atoms with E-state index in [9.17, 15) is 0 Å². The predicted octanol–water partition coefficient (Wildman–Crippen LogP) is 2.00.